The van der Waals surface area contributed by atoms with E-state index in [-0.39, 0.29) is 16.8 Å². The lowest BCUT2D eigenvalue weighted by Crippen LogP contribution is -2.08. The molecule has 1 aromatic carbocycles. The summed E-state index contributed by atoms with van der Waals surface area (Å²) in [6.07, 6.45) is 0.878. The molecule has 0 fully saturated rings. The number of methoxy groups -OCH3 is 1. The molecule has 1 aromatic rings. The molecule has 3 N–H and O–H groups in total. The highest BCUT2D eigenvalue weighted by atomic mass is 16.6. The summed E-state index contributed by atoms with van der Waals surface area (Å²) in [6.45, 7) is 0. The predicted molar refractivity (Wildman–Crippen MR) is 56.7 cm³/mol. The van der Waals surface area contributed by atoms with Gasteiger partial charge in [-0.25, -0.2) is 4.79 Å². The lowest BCUT2D eigenvalue weighted by Gasteiger charge is -2.04. The first-order valence-corrected chi connectivity index (χ1v) is 4.18. The second kappa shape index (κ2) is 4.39. The fourth-order valence-electron chi connectivity index (χ4n) is 1.17. The van der Waals surface area contributed by atoms with Gasteiger partial charge in [-0.2, -0.15) is 0 Å². The van der Waals surface area contributed by atoms with Crippen LogP contribution in [-0.2, 0) is 4.74 Å². The summed E-state index contributed by atoms with van der Waals surface area (Å²) in [5.41, 5.74) is 5.15. The number of nitrogens with two attached hydrogens (primary N) is 1. The number of nitrogens with one attached hydrogen (secondary N) is 1. The second-order valence-electron chi connectivity index (χ2n) is 2.89. The van der Waals surface area contributed by atoms with Gasteiger partial charge in [-0.15, -0.1) is 0 Å². The first kappa shape index (κ1) is 11.6. The van der Waals surface area contributed by atoms with Gasteiger partial charge < -0.3 is 15.9 Å². The molecular weight excluding hydrogens is 214 g/mol. The van der Waals surface area contributed by atoms with Crippen LogP contribution in [0.4, 0.5) is 11.4 Å². The Morgan fingerprint density at radius 2 is 2.25 bits per heavy atom. The van der Waals surface area contributed by atoms with Gasteiger partial charge in [0.25, 0.3) is 5.69 Å². The molecule has 0 radical (unpaired) electrons. The summed E-state index contributed by atoms with van der Waals surface area (Å²) in [5.74, 6) is -0.838. The van der Waals surface area contributed by atoms with Crippen molar-refractivity contribution >= 4 is 23.6 Å². The first-order chi connectivity index (χ1) is 7.51. The number of nitro benzene ring substituents is 1. The monoisotopic (exact) mass is 223 g/mol. The Bertz CT molecular complexity index is 470. The van der Waals surface area contributed by atoms with Gasteiger partial charge in [0.2, 0.25) is 0 Å². The fourth-order valence-corrected chi connectivity index (χ4v) is 1.17. The summed E-state index contributed by atoms with van der Waals surface area (Å²) in [4.78, 5) is 21.2. The maximum Gasteiger partial charge on any atom is 0.344 e. The van der Waals surface area contributed by atoms with Crippen molar-refractivity contribution < 1.29 is 14.5 Å². The minimum absolute atomic E-state index is 0.112. The number of ether oxygens (including phenoxy) is 1. The van der Waals surface area contributed by atoms with Crippen molar-refractivity contribution in [1.82, 2.24) is 0 Å². The van der Waals surface area contributed by atoms with Gasteiger partial charge in [0, 0.05) is 23.5 Å². The number of nitrogens with zero attached hydrogens (tertiary/aromatic N) is 1. The summed E-state index contributed by atoms with van der Waals surface area (Å²) in [5, 5.41) is 17.7. The van der Waals surface area contributed by atoms with Crippen LogP contribution in [0.15, 0.2) is 12.1 Å². The minimum atomic E-state index is -0.838. The normalized spacial score (nSPS) is 9.56. The highest BCUT2D eigenvalue weighted by Gasteiger charge is 2.22. The number of carbonyl (C=O) groups is 1. The van der Waals surface area contributed by atoms with E-state index in [0.717, 1.165) is 25.5 Å². The Morgan fingerprint density at radius 1 is 1.62 bits per heavy atom. The smallest absolute Gasteiger partial charge is 0.344 e. The molecule has 16 heavy (non-hydrogen) atoms. The zero-order chi connectivity index (χ0) is 12.3. The Hall–Kier alpha value is -2.44. The molecule has 0 aliphatic rings. The van der Waals surface area contributed by atoms with E-state index in [1.807, 2.05) is 0 Å². The van der Waals surface area contributed by atoms with Gasteiger partial charge in [-0.1, -0.05) is 0 Å². The lowest BCUT2D eigenvalue weighted by molar-refractivity contribution is -0.385. The third-order valence-electron chi connectivity index (χ3n) is 1.96. The summed E-state index contributed by atoms with van der Waals surface area (Å²) >= 11 is 0. The summed E-state index contributed by atoms with van der Waals surface area (Å²) < 4.78 is 4.40. The largest absolute Gasteiger partial charge is 0.465 e. The Morgan fingerprint density at radius 3 is 2.69 bits per heavy atom. The molecule has 7 nitrogen and oxygen atoms in total. The average Bonchev–Trinajstić information content (AvgIpc) is 2.27. The number of nitrogen functional groups attached to an aromatic ring is 1. The zero-order valence-corrected chi connectivity index (χ0v) is 8.39. The zero-order valence-electron chi connectivity index (χ0n) is 8.39. The molecule has 0 atom stereocenters. The standard InChI is InChI=1S/C9H9N3O4/c1-16-9(13)6-3-7(11)5(4-10)2-8(6)12(14)15/h2-4,10H,11H2,1H3. The number of nitro groups is 1. The predicted octanol–water partition coefficient (Wildman–Crippen LogP) is 0.961. The molecule has 0 saturated heterocycles. The molecule has 84 valence electrons. The third kappa shape index (κ3) is 1.97. The van der Waals surface area contributed by atoms with Gasteiger partial charge in [-0.3, -0.25) is 10.1 Å². The van der Waals surface area contributed by atoms with Gasteiger partial charge in [0.15, 0.2) is 0 Å². The Labute approximate surface area is 90.5 Å². The van der Waals surface area contributed by atoms with E-state index in [9.17, 15) is 14.9 Å². The topological polar surface area (TPSA) is 119 Å². The number of carbonyl (C=O) groups excluding carboxylic acids is 1. The van der Waals surface area contributed by atoms with Crippen LogP contribution in [0.5, 0.6) is 0 Å². The summed E-state index contributed by atoms with van der Waals surface area (Å²) in [7, 11) is 1.12. The number of hydrogen-bond acceptors (Lipinski definition) is 6. The van der Waals surface area contributed by atoms with Crippen molar-refractivity contribution in [2.75, 3.05) is 12.8 Å². The molecule has 0 bridgehead atoms. The number of hydrogen-bond donors (Lipinski definition) is 2. The number of anilines is 1. The van der Waals surface area contributed by atoms with Crippen LogP contribution >= 0.6 is 0 Å². The van der Waals surface area contributed by atoms with E-state index >= 15 is 0 Å². The van der Waals surface area contributed by atoms with E-state index in [4.69, 9.17) is 11.1 Å². The number of esters is 1. The highest BCUT2D eigenvalue weighted by molar-refractivity contribution is 5.98. The molecule has 0 aromatic heterocycles. The molecule has 0 aliphatic carbocycles. The van der Waals surface area contributed by atoms with Crippen molar-refractivity contribution in [3.8, 4) is 0 Å². The summed E-state index contributed by atoms with van der Waals surface area (Å²) in [6, 6.07) is 2.19. The van der Waals surface area contributed by atoms with Crippen LogP contribution in [0, 0.1) is 15.5 Å². The number of benzene rings is 1. The van der Waals surface area contributed by atoms with Crippen molar-refractivity contribution in [3.05, 3.63) is 33.4 Å². The Kier molecular flexibility index (Phi) is 3.19. The fraction of sp³-hybridized carbons (Fsp3) is 0.111. The quantitative estimate of drug-likeness (QED) is 0.260. The maximum absolute atomic E-state index is 11.3. The van der Waals surface area contributed by atoms with Crippen molar-refractivity contribution in [2.45, 2.75) is 0 Å². The lowest BCUT2D eigenvalue weighted by atomic mass is 10.1. The average molecular weight is 223 g/mol. The molecule has 0 heterocycles. The van der Waals surface area contributed by atoms with Gasteiger partial charge in [0.1, 0.15) is 5.56 Å². The van der Waals surface area contributed by atoms with Crippen LogP contribution < -0.4 is 5.73 Å². The van der Waals surface area contributed by atoms with Crippen molar-refractivity contribution in [3.63, 3.8) is 0 Å². The molecule has 0 unspecified atom stereocenters. The van der Waals surface area contributed by atoms with Gasteiger partial charge in [0.05, 0.1) is 12.0 Å². The molecule has 0 spiro atoms. The molecule has 7 heteroatoms. The van der Waals surface area contributed by atoms with E-state index in [2.05, 4.69) is 4.74 Å². The SMILES string of the molecule is COC(=O)c1cc(N)c(C=N)cc1[N+](=O)[O-]. The minimum Gasteiger partial charge on any atom is -0.465 e. The van der Waals surface area contributed by atoms with Crippen molar-refractivity contribution in [1.29, 1.82) is 5.41 Å². The molecule has 0 aliphatic heterocycles. The van der Waals surface area contributed by atoms with Crippen LogP contribution in [0.2, 0.25) is 0 Å². The second-order valence-corrected chi connectivity index (χ2v) is 2.89. The van der Waals surface area contributed by atoms with E-state index in [0.29, 0.717) is 0 Å². The maximum atomic E-state index is 11.3. The van der Waals surface area contributed by atoms with E-state index in [1.165, 1.54) is 0 Å². The van der Waals surface area contributed by atoms with E-state index < -0.39 is 16.6 Å². The Balaban J connectivity index is 3.47. The van der Waals surface area contributed by atoms with Crippen LogP contribution in [0.1, 0.15) is 15.9 Å². The van der Waals surface area contributed by atoms with Gasteiger partial charge in [-0.05, 0) is 6.07 Å². The van der Waals surface area contributed by atoms with Crippen LogP contribution in [0.25, 0.3) is 0 Å². The molecule has 0 amide bonds. The highest BCUT2D eigenvalue weighted by Crippen LogP contribution is 2.25. The molecule has 0 saturated carbocycles. The van der Waals surface area contributed by atoms with Crippen LogP contribution in [0.3, 0.4) is 0 Å². The van der Waals surface area contributed by atoms with Crippen LogP contribution in [-0.4, -0.2) is 24.2 Å². The van der Waals surface area contributed by atoms with Gasteiger partial charge >= 0.3 is 5.97 Å². The number of rotatable bonds is 3. The molecule has 1 rings (SSSR count). The van der Waals surface area contributed by atoms with Crippen molar-refractivity contribution in [2.24, 2.45) is 0 Å². The first-order valence-electron chi connectivity index (χ1n) is 4.18. The van der Waals surface area contributed by atoms with E-state index in [1.54, 1.807) is 0 Å². The third-order valence-corrected chi connectivity index (χ3v) is 1.96. The molecular formula is C9H9N3O4.